The van der Waals surface area contributed by atoms with Crippen LogP contribution in [0, 0.1) is 0 Å². The van der Waals surface area contributed by atoms with E-state index in [9.17, 15) is 4.79 Å². The average Bonchev–Trinajstić information content (AvgIpc) is 2.75. The van der Waals surface area contributed by atoms with Crippen LogP contribution in [0.5, 0.6) is 0 Å². The van der Waals surface area contributed by atoms with E-state index >= 15 is 0 Å². The number of hydrogen-bond acceptors (Lipinski definition) is 4. The molecule has 0 aromatic heterocycles. The van der Waals surface area contributed by atoms with Crippen LogP contribution in [0.15, 0.2) is 54.6 Å². The predicted molar refractivity (Wildman–Crippen MR) is 116 cm³/mol. The van der Waals surface area contributed by atoms with Crippen molar-refractivity contribution in [2.45, 2.75) is 44.8 Å². The van der Waals surface area contributed by atoms with Gasteiger partial charge in [0.25, 0.3) is 0 Å². The van der Waals surface area contributed by atoms with Crippen molar-refractivity contribution in [3.05, 3.63) is 70.7 Å². The van der Waals surface area contributed by atoms with Gasteiger partial charge in [0.05, 0.1) is 12.7 Å². The van der Waals surface area contributed by atoms with Gasteiger partial charge >= 0.3 is 5.97 Å². The van der Waals surface area contributed by atoms with Crippen LogP contribution in [0.25, 0.3) is 0 Å². The molecule has 5 heteroatoms. The Bertz CT molecular complexity index is 742. The number of carbonyl (C=O) groups excluding carboxylic acids is 1. The third-order valence-electron chi connectivity index (χ3n) is 5.30. The molecule has 0 aliphatic carbocycles. The van der Waals surface area contributed by atoms with Crippen LogP contribution in [0.4, 0.5) is 0 Å². The lowest BCUT2D eigenvalue weighted by Gasteiger charge is -2.34. The Labute approximate surface area is 178 Å². The lowest BCUT2D eigenvalue weighted by molar-refractivity contribution is -0.143. The van der Waals surface area contributed by atoms with Crippen molar-refractivity contribution in [1.82, 2.24) is 4.90 Å². The fourth-order valence-corrected chi connectivity index (χ4v) is 3.88. The van der Waals surface area contributed by atoms with Crippen LogP contribution < -0.4 is 0 Å². The van der Waals surface area contributed by atoms with Gasteiger partial charge in [0.15, 0.2) is 0 Å². The molecule has 0 bridgehead atoms. The minimum absolute atomic E-state index is 0.0890. The van der Waals surface area contributed by atoms with Gasteiger partial charge in [-0.1, -0.05) is 54.1 Å². The smallest absolute Gasteiger partial charge is 0.305 e. The molecule has 1 atom stereocenters. The second kappa shape index (κ2) is 11.3. The highest BCUT2D eigenvalue weighted by Gasteiger charge is 2.24. The first kappa shape index (κ1) is 21.8. The maximum Gasteiger partial charge on any atom is 0.305 e. The van der Waals surface area contributed by atoms with Gasteiger partial charge in [-0.3, -0.25) is 4.79 Å². The van der Waals surface area contributed by atoms with Gasteiger partial charge in [-0.25, -0.2) is 0 Å². The summed E-state index contributed by atoms with van der Waals surface area (Å²) in [6, 6.07) is 18.3. The van der Waals surface area contributed by atoms with E-state index in [1.165, 1.54) is 0 Å². The second-order valence-electron chi connectivity index (χ2n) is 7.43. The maximum atomic E-state index is 11.5. The molecule has 1 fully saturated rings. The highest BCUT2D eigenvalue weighted by molar-refractivity contribution is 6.30. The number of benzene rings is 2. The van der Waals surface area contributed by atoms with Crippen LogP contribution in [0.3, 0.4) is 0 Å². The summed E-state index contributed by atoms with van der Waals surface area (Å²) in [5, 5.41) is 0.733. The van der Waals surface area contributed by atoms with Crippen LogP contribution in [0.1, 0.15) is 49.8 Å². The summed E-state index contributed by atoms with van der Waals surface area (Å²) in [6.45, 7) is 5.23. The van der Waals surface area contributed by atoms with Crippen LogP contribution in [0.2, 0.25) is 5.02 Å². The van der Waals surface area contributed by atoms with E-state index in [1.807, 2.05) is 49.4 Å². The van der Waals surface area contributed by atoms with Crippen molar-refractivity contribution in [2.75, 3.05) is 26.2 Å². The van der Waals surface area contributed by atoms with Gasteiger partial charge in [-0.2, -0.15) is 0 Å². The highest BCUT2D eigenvalue weighted by atomic mass is 35.5. The molecule has 0 N–H and O–H groups in total. The molecule has 0 saturated carbocycles. The molecule has 0 radical (unpaired) electrons. The Morgan fingerprint density at radius 2 is 1.72 bits per heavy atom. The summed E-state index contributed by atoms with van der Waals surface area (Å²) in [5.41, 5.74) is 2.28. The summed E-state index contributed by atoms with van der Waals surface area (Å²) in [7, 11) is 0. The molecular weight excluding hydrogens is 386 g/mol. The maximum absolute atomic E-state index is 11.5. The molecule has 1 unspecified atom stereocenters. The number of rotatable bonds is 9. The molecule has 1 aliphatic rings. The third kappa shape index (κ3) is 6.84. The molecule has 0 amide bonds. The Morgan fingerprint density at radius 1 is 1.07 bits per heavy atom. The first-order valence-corrected chi connectivity index (χ1v) is 10.9. The number of piperidine rings is 1. The van der Waals surface area contributed by atoms with E-state index in [0.29, 0.717) is 13.0 Å². The number of likely N-dealkylation sites (tertiary alicyclic amines) is 1. The Balaban J connectivity index is 1.53. The lowest BCUT2D eigenvalue weighted by Crippen LogP contribution is -2.38. The highest BCUT2D eigenvalue weighted by Crippen LogP contribution is 2.30. The summed E-state index contributed by atoms with van der Waals surface area (Å²) < 4.78 is 11.6. The Kier molecular flexibility index (Phi) is 8.53. The predicted octanol–water partition coefficient (Wildman–Crippen LogP) is 5.25. The SMILES string of the molecule is CCOC(=O)CCCN1CCC(OC(c2ccccc2)c2ccc(Cl)cc2)CC1. The van der Waals surface area contributed by atoms with Crippen molar-refractivity contribution < 1.29 is 14.3 Å². The quantitative estimate of drug-likeness (QED) is 0.524. The largest absolute Gasteiger partial charge is 0.466 e. The van der Waals surface area contributed by atoms with Gasteiger partial charge in [-0.05, 0) is 56.0 Å². The normalized spacial score (nSPS) is 16.5. The molecule has 1 heterocycles. The molecule has 0 spiro atoms. The van der Waals surface area contributed by atoms with Crippen LogP contribution >= 0.6 is 11.6 Å². The molecular formula is C24H30ClNO3. The van der Waals surface area contributed by atoms with Gasteiger partial charge in [0.2, 0.25) is 0 Å². The molecule has 156 valence electrons. The minimum atomic E-state index is -0.0978. The van der Waals surface area contributed by atoms with Crippen molar-refractivity contribution >= 4 is 17.6 Å². The summed E-state index contributed by atoms with van der Waals surface area (Å²) in [5.74, 6) is -0.0978. The molecule has 2 aromatic rings. The van der Waals surface area contributed by atoms with Crippen molar-refractivity contribution in [2.24, 2.45) is 0 Å². The first-order chi connectivity index (χ1) is 14.2. The van der Waals surface area contributed by atoms with Crippen molar-refractivity contribution in [3.63, 3.8) is 0 Å². The second-order valence-corrected chi connectivity index (χ2v) is 7.86. The molecule has 29 heavy (non-hydrogen) atoms. The zero-order chi connectivity index (χ0) is 20.5. The van der Waals surface area contributed by atoms with E-state index in [-0.39, 0.29) is 18.2 Å². The molecule has 2 aromatic carbocycles. The van der Waals surface area contributed by atoms with E-state index in [0.717, 1.165) is 55.0 Å². The zero-order valence-corrected chi connectivity index (χ0v) is 17.8. The van der Waals surface area contributed by atoms with Gasteiger partial charge < -0.3 is 14.4 Å². The van der Waals surface area contributed by atoms with Crippen molar-refractivity contribution in [1.29, 1.82) is 0 Å². The Hall–Kier alpha value is -1.88. The van der Waals surface area contributed by atoms with Gasteiger partial charge in [-0.15, -0.1) is 0 Å². The summed E-state index contributed by atoms with van der Waals surface area (Å²) in [4.78, 5) is 13.9. The molecule has 4 nitrogen and oxygen atoms in total. The third-order valence-corrected chi connectivity index (χ3v) is 5.55. The summed E-state index contributed by atoms with van der Waals surface area (Å²) in [6.07, 6.45) is 3.47. The molecule has 1 aliphatic heterocycles. The number of ether oxygens (including phenoxy) is 2. The number of halogens is 1. The first-order valence-electron chi connectivity index (χ1n) is 10.5. The number of carbonyl (C=O) groups is 1. The van der Waals surface area contributed by atoms with Crippen LogP contribution in [-0.4, -0.2) is 43.2 Å². The fourth-order valence-electron chi connectivity index (χ4n) is 3.76. The lowest BCUT2D eigenvalue weighted by atomic mass is 10.00. The van der Waals surface area contributed by atoms with Gasteiger partial charge in [0.1, 0.15) is 6.10 Å². The van der Waals surface area contributed by atoms with Crippen molar-refractivity contribution in [3.8, 4) is 0 Å². The minimum Gasteiger partial charge on any atom is -0.466 e. The molecule has 3 rings (SSSR count). The molecule has 1 saturated heterocycles. The fraction of sp³-hybridized carbons (Fsp3) is 0.458. The van der Waals surface area contributed by atoms with E-state index in [4.69, 9.17) is 21.1 Å². The van der Waals surface area contributed by atoms with Gasteiger partial charge in [0, 0.05) is 24.5 Å². The van der Waals surface area contributed by atoms with Crippen LogP contribution in [-0.2, 0) is 14.3 Å². The number of esters is 1. The number of hydrogen-bond donors (Lipinski definition) is 0. The van der Waals surface area contributed by atoms with E-state index in [1.54, 1.807) is 0 Å². The average molecular weight is 416 g/mol. The Morgan fingerprint density at radius 3 is 2.38 bits per heavy atom. The monoisotopic (exact) mass is 415 g/mol. The van der Waals surface area contributed by atoms with E-state index in [2.05, 4.69) is 17.0 Å². The van der Waals surface area contributed by atoms with E-state index < -0.39 is 0 Å². The standard InChI is InChI=1S/C24H30ClNO3/c1-2-28-23(27)9-6-16-26-17-14-22(15-18-26)29-24(19-7-4-3-5-8-19)20-10-12-21(25)13-11-20/h3-5,7-8,10-13,22,24H,2,6,9,14-18H2,1H3. The zero-order valence-electron chi connectivity index (χ0n) is 17.1. The summed E-state index contributed by atoms with van der Waals surface area (Å²) >= 11 is 6.07. The topological polar surface area (TPSA) is 38.8 Å². The number of nitrogens with zero attached hydrogens (tertiary/aromatic N) is 1.